The van der Waals surface area contributed by atoms with E-state index < -0.39 is 0 Å². The smallest absolute Gasteiger partial charge is 0.258 e. The number of nitrogens with one attached hydrogen (secondary N) is 2. The van der Waals surface area contributed by atoms with Crippen LogP contribution in [-0.4, -0.2) is 20.9 Å². The zero-order valence-corrected chi connectivity index (χ0v) is 11.6. The number of aromatic amines is 1. The quantitative estimate of drug-likeness (QED) is 0.728. The van der Waals surface area contributed by atoms with Crippen molar-refractivity contribution in [1.29, 1.82) is 0 Å². The highest BCUT2D eigenvalue weighted by atomic mass is 35.5. The fourth-order valence-corrected chi connectivity index (χ4v) is 2.09. The summed E-state index contributed by atoms with van der Waals surface area (Å²) in [5.41, 5.74) is 1.96. The fourth-order valence-electron chi connectivity index (χ4n) is 1.89. The SMILES string of the molecule is O=C(Nc1ccc(-c2ncc[nH]2)cc1)c1cccnc1Cl. The molecule has 1 aromatic carbocycles. The van der Waals surface area contributed by atoms with E-state index in [2.05, 4.69) is 20.3 Å². The van der Waals surface area contributed by atoms with Crippen LogP contribution in [0.15, 0.2) is 55.0 Å². The molecule has 0 atom stereocenters. The van der Waals surface area contributed by atoms with E-state index in [0.29, 0.717) is 11.3 Å². The summed E-state index contributed by atoms with van der Waals surface area (Å²) in [5, 5.41) is 2.96. The standard InChI is InChI=1S/C15H11ClN4O/c16-13-12(2-1-7-17-13)15(21)20-11-5-3-10(4-6-11)14-18-8-9-19-14/h1-9H,(H,18,19)(H,20,21). The minimum Gasteiger partial charge on any atom is -0.345 e. The highest BCUT2D eigenvalue weighted by Gasteiger charge is 2.10. The van der Waals surface area contributed by atoms with Crippen molar-refractivity contribution < 1.29 is 4.79 Å². The molecule has 5 nitrogen and oxygen atoms in total. The van der Waals surface area contributed by atoms with Crippen LogP contribution in [0.4, 0.5) is 5.69 Å². The molecule has 0 radical (unpaired) electrons. The molecule has 2 aromatic heterocycles. The average Bonchev–Trinajstić information content (AvgIpc) is 3.02. The largest absolute Gasteiger partial charge is 0.345 e. The minimum atomic E-state index is -0.293. The number of carbonyl (C=O) groups is 1. The third kappa shape index (κ3) is 2.93. The summed E-state index contributed by atoms with van der Waals surface area (Å²) < 4.78 is 0. The number of hydrogen-bond donors (Lipinski definition) is 2. The number of aromatic nitrogens is 3. The van der Waals surface area contributed by atoms with Gasteiger partial charge in [0.05, 0.1) is 5.56 Å². The van der Waals surface area contributed by atoms with Crippen LogP contribution in [-0.2, 0) is 0 Å². The summed E-state index contributed by atoms with van der Waals surface area (Å²) in [6, 6.07) is 10.7. The van der Waals surface area contributed by atoms with Gasteiger partial charge in [0.15, 0.2) is 0 Å². The van der Waals surface area contributed by atoms with E-state index >= 15 is 0 Å². The molecule has 0 unspecified atom stereocenters. The van der Waals surface area contributed by atoms with Crippen LogP contribution >= 0.6 is 11.6 Å². The monoisotopic (exact) mass is 298 g/mol. The van der Waals surface area contributed by atoms with E-state index in [1.165, 1.54) is 6.20 Å². The summed E-state index contributed by atoms with van der Waals surface area (Å²) >= 11 is 5.89. The van der Waals surface area contributed by atoms with Gasteiger partial charge in [-0.1, -0.05) is 11.6 Å². The summed E-state index contributed by atoms with van der Waals surface area (Å²) in [5.74, 6) is 0.488. The maximum Gasteiger partial charge on any atom is 0.258 e. The van der Waals surface area contributed by atoms with Crippen LogP contribution in [0.1, 0.15) is 10.4 Å². The van der Waals surface area contributed by atoms with Crippen LogP contribution in [0.25, 0.3) is 11.4 Å². The molecule has 0 aliphatic heterocycles. The Morgan fingerprint density at radius 3 is 2.57 bits per heavy atom. The highest BCUT2D eigenvalue weighted by Crippen LogP contribution is 2.19. The van der Waals surface area contributed by atoms with Gasteiger partial charge in [-0.3, -0.25) is 4.79 Å². The molecule has 3 aromatic rings. The molecule has 0 fully saturated rings. The van der Waals surface area contributed by atoms with Crippen molar-refractivity contribution in [2.75, 3.05) is 5.32 Å². The molecule has 6 heteroatoms. The lowest BCUT2D eigenvalue weighted by atomic mass is 10.2. The molecule has 104 valence electrons. The van der Waals surface area contributed by atoms with Crippen molar-refractivity contribution in [1.82, 2.24) is 15.0 Å². The zero-order valence-electron chi connectivity index (χ0n) is 10.9. The topological polar surface area (TPSA) is 70.7 Å². The molecule has 3 rings (SSSR count). The van der Waals surface area contributed by atoms with Gasteiger partial charge in [-0.15, -0.1) is 0 Å². The van der Waals surface area contributed by atoms with Gasteiger partial charge in [-0.05, 0) is 36.4 Å². The van der Waals surface area contributed by atoms with Crippen molar-refractivity contribution in [2.45, 2.75) is 0 Å². The third-order valence-corrected chi connectivity index (χ3v) is 3.22. The Hall–Kier alpha value is -2.66. The average molecular weight is 299 g/mol. The van der Waals surface area contributed by atoms with Gasteiger partial charge >= 0.3 is 0 Å². The fraction of sp³-hybridized carbons (Fsp3) is 0. The van der Waals surface area contributed by atoms with E-state index in [1.54, 1.807) is 36.7 Å². The van der Waals surface area contributed by atoms with Crippen LogP contribution in [0.3, 0.4) is 0 Å². The van der Waals surface area contributed by atoms with E-state index in [0.717, 1.165) is 11.4 Å². The van der Waals surface area contributed by atoms with Gasteiger partial charge in [0.2, 0.25) is 0 Å². The number of nitrogens with zero attached hydrogens (tertiary/aromatic N) is 2. The maximum absolute atomic E-state index is 12.1. The first kappa shape index (κ1) is 13.3. The number of imidazole rings is 1. The van der Waals surface area contributed by atoms with Gasteiger partial charge in [-0.2, -0.15) is 0 Å². The molecule has 1 amide bonds. The van der Waals surface area contributed by atoms with Crippen LogP contribution in [0.2, 0.25) is 5.15 Å². The summed E-state index contributed by atoms with van der Waals surface area (Å²) in [6.45, 7) is 0. The first-order chi connectivity index (χ1) is 10.2. The van der Waals surface area contributed by atoms with E-state index in [9.17, 15) is 4.79 Å². The van der Waals surface area contributed by atoms with E-state index in [1.807, 2.05) is 12.1 Å². The molecule has 0 aliphatic rings. The number of halogens is 1. The summed E-state index contributed by atoms with van der Waals surface area (Å²) in [7, 11) is 0. The van der Waals surface area contributed by atoms with E-state index in [4.69, 9.17) is 11.6 Å². The van der Waals surface area contributed by atoms with Crippen LogP contribution in [0, 0.1) is 0 Å². The Labute approximate surface area is 126 Å². The predicted molar refractivity (Wildman–Crippen MR) is 81.2 cm³/mol. The molecule has 2 heterocycles. The number of benzene rings is 1. The van der Waals surface area contributed by atoms with Crippen molar-refractivity contribution in [2.24, 2.45) is 0 Å². The second kappa shape index (κ2) is 5.76. The lowest BCUT2D eigenvalue weighted by Gasteiger charge is -2.06. The Morgan fingerprint density at radius 1 is 1.10 bits per heavy atom. The molecule has 0 saturated heterocycles. The Bertz CT molecular complexity index is 754. The Morgan fingerprint density at radius 2 is 1.90 bits per heavy atom. The van der Waals surface area contributed by atoms with Crippen molar-refractivity contribution in [3.8, 4) is 11.4 Å². The number of carbonyl (C=O) groups excluding carboxylic acids is 1. The number of amides is 1. The van der Waals surface area contributed by atoms with Gasteiger partial charge in [0.1, 0.15) is 11.0 Å². The molecule has 21 heavy (non-hydrogen) atoms. The molecule has 0 spiro atoms. The van der Waals surface area contributed by atoms with Crippen molar-refractivity contribution >= 4 is 23.2 Å². The second-order valence-corrected chi connectivity index (χ2v) is 4.67. The number of pyridine rings is 1. The van der Waals surface area contributed by atoms with E-state index in [-0.39, 0.29) is 11.1 Å². The first-order valence-corrected chi connectivity index (χ1v) is 6.63. The molecule has 0 aliphatic carbocycles. The minimum absolute atomic E-state index is 0.183. The maximum atomic E-state index is 12.1. The molecule has 0 bridgehead atoms. The number of anilines is 1. The first-order valence-electron chi connectivity index (χ1n) is 6.26. The second-order valence-electron chi connectivity index (χ2n) is 4.31. The lowest BCUT2D eigenvalue weighted by Crippen LogP contribution is -2.12. The normalized spacial score (nSPS) is 10.3. The zero-order chi connectivity index (χ0) is 14.7. The number of rotatable bonds is 3. The number of H-pyrrole nitrogens is 1. The van der Waals surface area contributed by atoms with Crippen molar-refractivity contribution in [3.63, 3.8) is 0 Å². The molecule has 2 N–H and O–H groups in total. The number of hydrogen-bond acceptors (Lipinski definition) is 3. The van der Waals surface area contributed by atoms with Crippen molar-refractivity contribution in [3.05, 3.63) is 65.7 Å². The van der Waals surface area contributed by atoms with Gasteiger partial charge in [0, 0.05) is 29.8 Å². The molecular weight excluding hydrogens is 288 g/mol. The Kier molecular flexibility index (Phi) is 3.66. The summed E-state index contributed by atoms with van der Waals surface area (Å²) in [4.78, 5) is 23.2. The molecule has 0 saturated carbocycles. The van der Waals surface area contributed by atoms with Crippen LogP contribution < -0.4 is 5.32 Å². The van der Waals surface area contributed by atoms with Gasteiger partial charge in [-0.25, -0.2) is 9.97 Å². The van der Waals surface area contributed by atoms with Gasteiger partial charge < -0.3 is 10.3 Å². The lowest BCUT2D eigenvalue weighted by molar-refractivity contribution is 0.102. The molecular formula is C15H11ClN4O. The third-order valence-electron chi connectivity index (χ3n) is 2.92. The van der Waals surface area contributed by atoms with Gasteiger partial charge in [0.25, 0.3) is 5.91 Å². The predicted octanol–water partition coefficient (Wildman–Crippen LogP) is 3.38. The Balaban J connectivity index is 1.77. The summed E-state index contributed by atoms with van der Waals surface area (Å²) in [6.07, 6.45) is 4.99. The highest BCUT2D eigenvalue weighted by molar-refractivity contribution is 6.33. The van der Waals surface area contributed by atoms with Crippen LogP contribution in [0.5, 0.6) is 0 Å².